The Morgan fingerprint density at radius 1 is 0.432 bits per heavy atom. The van der Waals surface area contributed by atoms with E-state index in [2.05, 4.69) is 0 Å². The summed E-state index contributed by atoms with van der Waals surface area (Å²) in [6.45, 7) is 0. The molecule has 0 saturated heterocycles. The third-order valence-corrected chi connectivity index (χ3v) is 8.26. The maximum atomic E-state index is 14.5. The van der Waals surface area contributed by atoms with Gasteiger partial charge in [-0.3, -0.25) is 19.2 Å². The minimum absolute atomic E-state index is 0.288. The molecular formula is C38H20N2O4. The molecule has 0 fully saturated rings. The summed E-state index contributed by atoms with van der Waals surface area (Å²) in [7, 11) is 0. The van der Waals surface area contributed by atoms with Crippen LogP contribution in [0, 0.1) is 0 Å². The van der Waals surface area contributed by atoms with Gasteiger partial charge < -0.3 is 0 Å². The molecule has 0 amide bonds. The van der Waals surface area contributed by atoms with Crippen LogP contribution in [-0.4, -0.2) is 35.6 Å². The standard InChI is InChI=1S/C38H20N2O4/c41-19-23-13-9-21(10-14-23)17-27-35-31(25-5-1-3-7-29(25)39-35)33(37(27)43)34-32-26-6-2-4-8-30(26)40-36(32)28(38(34)44)18-22-11-15-24(20-42)16-12-22/h1-20H/b27-17+,28-18?. The van der Waals surface area contributed by atoms with Crippen molar-refractivity contribution in [2.45, 2.75) is 0 Å². The van der Waals surface area contributed by atoms with Crippen LogP contribution in [0.2, 0.25) is 0 Å². The zero-order chi connectivity index (χ0) is 29.9. The maximum absolute atomic E-state index is 14.5. The molecule has 4 aliphatic rings. The van der Waals surface area contributed by atoms with E-state index in [9.17, 15) is 19.2 Å². The van der Waals surface area contributed by atoms with Gasteiger partial charge in [-0.25, -0.2) is 9.98 Å². The molecule has 4 aromatic carbocycles. The van der Waals surface area contributed by atoms with Crippen molar-refractivity contribution in [1.29, 1.82) is 0 Å². The van der Waals surface area contributed by atoms with Crippen LogP contribution in [0.5, 0.6) is 0 Å². The smallest absolute Gasteiger partial charge is 0.196 e. The van der Waals surface area contributed by atoms with E-state index in [1.165, 1.54) is 0 Å². The molecule has 0 atom stereocenters. The SMILES string of the molecule is O=Cc1ccc(C=C2C(=O)C(C3=C4C(=Nc5ccccc54)/C(=C\c4ccc(C=O)cc4)C3=O)=C3C2=Nc2ccccc23)cc1. The molecular weight excluding hydrogens is 548 g/mol. The number of carbonyl (C=O) groups is 4. The van der Waals surface area contributed by atoms with Crippen LogP contribution < -0.4 is 0 Å². The predicted octanol–water partition coefficient (Wildman–Crippen LogP) is 7.02. The second-order valence-corrected chi connectivity index (χ2v) is 10.8. The first-order valence-corrected chi connectivity index (χ1v) is 14.1. The van der Waals surface area contributed by atoms with E-state index < -0.39 is 0 Å². The summed E-state index contributed by atoms with van der Waals surface area (Å²) >= 11 is 0. The largest absolute Gasteiger partial charge is 0.298 e. The summed E-state index contributed by atoms with van der Waals surface area (Å²) in [5.41, 5.74) is 9.30. The third kappa shape index (κ3) is 3.75. The fourth-order valence-corrected chi connectivity index (χ4v) is 6.20. The zero-order valence-electron chi connectivity index (χ0n) is 23.1. The van der Waals surface area contributed by atoms with Crippen molar-refractivity contribution in [2.24, 2.45) is 9.98 Å². The van der Waals surface area contributed by atoms with Gasteiger partial charge in [-0.15, -0.1) is 0 Å². The van der Waals surface area contributed by atoms with E-state index in [4.69, 9.17) is 9.98 Å². The molecule has 0 unspecified atom stereocenters. The Morgan fingerprint density at radius 2 is 0.795 bits per heavy atom. The number of fused-ring (bicyclic) bond motifs is 6. The van der Waals surface area contributed by atoms with Crippen LogP contribution in [-0.2, 0) is 9.59 Å². The van der Waals surface area contributed by atoms with Gasteiger partial charge in [0.05, 0.1) is 22.8 Å². The topological polar surface area (TPSA) is 93.0 Å². The van der Waals surface area contributed by atoms with E-state index in [1.54, 1.807) is 60.7 Å². The molecule has 2 aliphatic heterocycles. The van der Waals surface area contributed by atoms with Crippen molar-refractivity contribution in [1.82, 2.24) is 0 Å². The van der Waals surface area contributed by atoms with Crippen molar-refractivity contribution in [3.8, 4) is 0 Å². The summed E-state index contributed by atoms with van der Waals surface area (Å²) < 4.78 is 0. The summed E-state index contributed by atoms with van der Waals surface area (Å²) in [5.74, 6) is -0.576. The van der Waals surface area contributed by atoms with Gasteiger partial charge in [0.2, 0.25) is 0 Å². The Bertz CT molecular complexity index is 2050. The second kappa shape index (κ2) is 9.71. The molecule has 0 N–H and O–H groups in total. The lowest BCUT2D eigenvalue weighted by Gasteiger charge is -2.08. The molecule has 0 spiro atoms. The van der Waals surface area contributed by atoms with Gasteiger partial charge in [-0.05, 0) is 35.4 Å². The van der Waals surface area contributed by atoms with Crippen molar-refractivity contribution >= 4 is 70.2 Å². The first-order chi connectivity index (χ1) is 21.6. The molecule has 8 rings (SSSR count). The lowest BCUT2D eigenvalue weighted by molar-refractivity contribution is -0.114. The summed E-state index contributed by atoms with van der Waals surface area (Å²) in [6, 6.07) is 29.1. The number of benzene rings is 4. The molecule has 206 valence electrons. The van der Waals surface area contributed by atoms with Gasteiger partial charge in [0.25, 0.3) is 0 Å². The Hall–Kier alpha value is -6.14. The van der Waals surface area contributed by atoms with Crippen LogP contribution in [0.15, 0.2) is 129 Å². The van der Waals surface area contributed by atoms with Gasteiger partial charge in [0.15, 0.2) is 11.6 Å². The fraction of sp³-hybridized carbons (Fsp3) is 0. The molecule has 6 heteroatoms. The van der Waals surface area contributed by atoms with Crippen LogP contribution in [0.25, 0.3) is 23.3 Å². The first-order valence-electron chi connectivity index (χ1n) is 14.1. The van der Waals surface area contributed by atoms with E-state index in [0.717, 1.165) is 46.2 Å². The highest BCUT2D eigenvalue weighted by atomic mass is 16.1. The number of hydrogen-bond acceptors (Lipinski definition) is 6. The average molecular weight is 569 g/mol. The number of aliphatic imine (C=N–C) groups is 2. The van der Waals surface area contributed by atoms with Crippen LogP contribution in [0.1, 0.15) is 43.0 Å². The number of carbonyl (C=O) groups excluding carboxylic acids is 4. The Kier molecular flexibility index (Phi) is 5.64. The second-order valence-electron chi connectivity index (χ2n) is 10.8. The van der Waals surface area contributed by atoms with Gasteiger partial charge in [0.1, 0.15) is 12.6 Å². The molecule has 0 radical (unpaired) electrons. The lowest BCUT2D eigenvalue weighted by atomic mass is 9.91. The number of para-hydroxylation sites is 2. The lowest BCUT2D eigenvalue weighted by Crippen LogP contribution is -2.11. The number of rotatable bonds is 5. The van der Waals surface area contributed by atoms with Crippen LogP contribution in [0.3, 0.4) is 0 Å². The minimum atomic E-state index is -0.288. The van der Waals surface area contributed by atoms with E-state index in [1.807, 2.05) is 48.5 Å². The molecule has 44 heavy (non-hydrogen) atoms. The Labute approximate surface area is 251 Å². The molecule has 0 bridgehead atoms. The average Bonchev–Trinajstić information content (AvgIpc) is 3.76. The Morgan fingerprint density at radius 3 is 1.18 bits per heavy atom. The molecule has 6 nitrogen and oxygen atoms in total. The molecule has 2 aliphatic carbocycles. The fourth-order valence-electron chi connectivity index (χ4n) is 6.20. The molecule has 2 heterocycles. The quantitative estimate of drug-likeness (QED) is 0.191. The zero-order valence-corrected chi connectivity index (χ0v) is 23.1. The minimum Gasteiger partial charge on any atom is -0.298 e. The van der Waals surface area contributed by atoms with Crippen molar-refractivity contribution in [3.63, 3.8) is 0 Å². The van der Waals surface area contributed by atoms with Crippen LogP contribution >= 0.6 is 0 Å². The molecule has 4 aromatic rings. The van der Waals surface area contributed by atoms with E-state index >= 15 is 0 Å². The highest BCUT2D eigenvalue weighted by Crippen LogP contribution is 2.52. The summed E-state index contributed by atoms with van der Waals surface area (Å²) in [4.78, 5) is 61.1. The number of hydrogen-bond donors (Lipinski definition) is 0. The van der Waals surface area contributed by atoms with Gasteiger partial charge in [-0.2, -0.15) is 0 Å². The molecule has 0 aromatic heterocycles. The molecule has 0 saturated carbocycles. The highest BCUT2D eigenvalue weighted by molar-refractivity contribution is 6.63. The Balaban J connectivity index is 1.36. The first kappa shape index (κ1) is 25.6. The number of Topliss-reactive ketones (excluding diaryl/α,β-unsaturated/α-hetero) is 2. The van der Waals surface area contributed by atoms with Gasteiger partial charge in [0, 0.05) is 55.7 Å². The van der Waals surface area contributed by atoms with Crippen LogP contribution in [0.4, 0.5) is 11.4 Å². The van der Waals surface area contributed by atoms with Crippen molar-refractivity contribution in [2.75, 3.05) is 0 Å². The van der Waals surface area contributed by atoms with Gasteiger partial charge in [-0.1, -0.05) is 84.9 Å². The number of ketones is 2. The normalized spacial score (nSPS) is 18.0. The number of nitrogens with zero attached hydrogens (tertiary/aromatic N) is 2. The predicted molar refractivity (Wildman–Crippen MR) is 171 cm³/mol. The summed E-state index contributed by atoms with van der Waals surface area (Å²) in [6.07, 6.45) is 5.07. The number of aldehydes is 2. The van der Waals surface area contributed by atoms with E-state index in [0.29, 0.717) is 56.0 Å². The van der Waals surface area contributed by atoms with Gasteiger partial charge >= 0.3 is 0 Å². The van der Waals surface area contributed by atoms with E-state index in [-0.39, 0.29) is 11.6 Å². The third-order valence-electron chi connectivity index (χ3n) is 8.26. The van der Waals surface area contributed by atoms with Crippen molar-refractivity contribution in [3.05, 3.63) is 153 Å². The maximum Gasteiger partial charge on any atom is 0.196 e. The van der Waals surface area contributed by atoms with Crippen molar-refractivity contribution < 1.29 is 19.2 Å². The highest BCUT2D eigenvalue weighted by Gasteiger charge is 2.48. The number of allylic oxidation sites excluding steroid dienone is 6. The summed E-state index contributed by atoms with van der Waals surface area (Å²) in [5, 5.41) is 0. The monoisotopic (exact) mass is 568 g/mol.